The zero-order valence-electron chi connectivity index (χ0n) is 13.4. The summed E-state index contributed by atoms with van der Waals surface area (Å²) in [7, 11) is 0. The minimum Gasteiger partial charge on any atom is -0.465 e. The number of carbonyl (C=O) groups excluding carboxylic acids is 4. The first-order valence-electron chi connectivity index (χ1n) is 6.79. The average Bonchev–Trinajstić information content (AvgIpc) is 2.59. The zero-order valence-corrected chi connectivity index (χ0v) is 13.4. The van der Waals surface area contributed by atoms with Crippen LogP contribution in [0, 0.1) is 5.41 Å². The lowest BCUT2D eigenvalue weighted by Gasteiger charge is -2.30. The van der Waals surface area contributed by atoms with E-state index in [1.807, 2.05) is 0 Å². The third-order valence-corrected chi connectivity index (χ3v) is 2.64. The van der Waals surface area contributed by atoms with Crippen LogP contribution in [0.3, 0.4) is 0 Å². The normalized spacial score (nSPS) is 10.0. The summed E-state index contributed by atoms with van der Waals surface area (Å²) >= 11 is 0. The first-order chi connectivity index (χ1) is 11.3. The van der Waals surface area contributed by atoms with Crippen LogP contribution in [0.5, 0.6) is 0 Å². The van der Waals surface area contributed by atoms with Crippen molar-refractivity contribution >= 4 is 23.9 Å². The van der Waals surface area contributed by atoms with E-state index in [1.54, 1.807) is 0 Å². The van der Waals surface area contributed by atoms with Gasteiger partial charge >= 0.3 is 23.9 Å². The third-order valence-electron chi connectivity index (χ3n) is 2.64. The highest BCUT2D eigenvalue weighted by molar-refractivity contribution is 5.82. The predicted octanol–water partition coefficient (Wildman–Crippen LogP) is 0.724. The maximum absolute atomic E-state index is 11.3. The molecule has 0 unspecified atom stereocenters. The number of hydrogen-bond acceptors (Lipinski definition) is 8. The highest BCUT2D eigenvalue weighted by Crippen LogP contribution is 2.21. The molecule has 132 valence electrons. The van der Waals surface area contributed by atoms with Crippen LogP contribution in [0.4, 0.5) is 0 Å². The smallest absolute Gasteiger partial charge is 0.330 e. The van der Waals surface area contributed by atoms with Crippen molar-refractivity contribution in [3.05, 3.63) is 38.0 Å². The maximum Gasteiger partial charge on any atom is 0.330 e. The molecule has 0 aromatic carbocycles. The van der Waals surface area contributed by atoms with E-state index in [1.165, 1.54) is 6.92 Å². The molecule has 0 aliphatic carbocycles. The van der Waals surface area contributed by atoms with E-state index >= 15 is 0 Å². The summed E-state index contributed by atoms with van der Waals surface area (Å²) in [4.78, 5) is 44.9. The van der Waals surface area contributed by atoms with E-state index in [9.17, 15) is 19.2 Å². The molecule has 0 saturated carbocycles. The van der Waals surface area contributed by atoms with Crippen molar-refractivity contribution in [3.8, 4) is 0 Å². The Morgan fingerprint density at radius 2 is 1.00 bits per heavy atom. The molecule has 0 aliphatic rings. The van der Waals surface area contributed by atoms with Crippen LogP contribution in [-0.2, 0) is 38.1 Å². The SMILES string of the molecule is C=CC(=O)OCC(COC(C)=O)(COC(=O)C=C)COC(=O)C=C. The van der Waals surface area contributed by atoms with Gasteiger partial charge in [0.05, 0.1) is 0 Å². The Morgan fingerprint density at radius 3 is 1.25 bits per heavy atom. The second kappa shape index (κ2) is 10.8. The summed E-state index contributed by atoms with van der Waals surface area (Å²) in [6.07, 6.45) is 2.80. The van der Waals surface area contributed by atoms with Crippen LogP contribution >= 0.6 is 0 Å². The van der Waals surface area contributed by atoms with Crippen molar-refractivity contribution in [1.29, 1.82) is 0 Å². The Morgan fingerprint density at radius 1 is 0.708 bits per heavy atom. The van der Waals surface area contributed by atoms with Crippen LogP contribution < -0.4 is 0 Å². The lowest BCUT2D eigenvalue weighted by molar-refractivity contribution is -0.165. The van der Waals surface area contributed by atoms with Gasteiger partial charge in [0.25, 0.3) is 0 Å². The van der Waals surface area contributed by atoms with Crippen molar-refractivity contribution in [2.75, 3.05) is 26.4 Å². The molecule has 0 bridgehead atoms. The summed E-state index contributed by atoms with van der Waals surface area (Å²) in [5.74, 6) is -2.84. The molecule has 0 aliphatic heterocycles. The van der Waals surface area contributed by atoms with E-state index in [2.05, 4.69) is 19.7 Å². The molecule has 8 nitrogen and oxygen atoms in total. The van der Waals surface area contributed by atoms with Crippen molar-refractivity contribution in [2.24, 2.45) is 5.41 Å². The predicted molar refractivity (Wildman–Crippen MR) is 82.5 cm³/mol. The van der Waals surface area contributed by atoms with E-state index < -0.39 is 29.3 Å². The summed E-state index contributed by atoms with van der Waals surface area (Å²) in [5.41, 5.74) is -1.29. The van der Waals surface area contributed by atoms with Crippen LogP contribution in [0.25, 0.3) is 0 Å². The van der Waals surface area contributed by atoms with Crippen LogP contribution in [0.1, 0.15) is 6.92 Å². The van der Waals surface area contributed by atoms with E-state index in [4.69, 9.17) is 18.9 Å². The second-order valence-electron chi connectivity index (χ2n) is 4.72. The molecule has 0 aromatic rings. The largest absolute Gasteiger partial charge is 0.465 e. The molecule has 0 fully saturated rings. The van der Waals surface area contributed by atoms with Gasteiger partial charge in [-0.25, -0.2) is 14.4 Å². The molecule has 0 saturated heterocycles. The monoisotopic (exact) mass is 340 g/mol. The van der Waals surface area contributed by atoms with Crippen molar-refractivity contribution in [1.82, 2.24) is 0 Å². The number of rotatable bonds is 11. The lowest BCUT2D eigenvalue weighted by atomic mass is 9.92. The first-order valence-corrected chi connectivity index (χ1v) is 6.79. The minimum absolute atomic E-state index is 0.318. The van der Waals surface area contributed by atoms with Crippen molar-refractivity contribution in [2.45, 2.75) is 6.92 Å². The highest BCUT2D eigenvalue weighted by atomic mass is 16.6. The highest BCUT2D eigenvalue weighted by Gasteiger charge is 2.37. The standard InChI is InChI=1S/C16H20O8/c1-5-13(18)22-9-16(8-21-12(4)17,10-23-14(19)6-2)11-24-15(20)7-3/h5-7H,1-3,8-11H2,4H3. The van der Waals surface area contributed by atoms with Gasteiger partial charge < -0.3 is 18.9 Å². The average molecular weight is 340 g/mol. The van der Waals surface area contributed by atoms with Gasteiger partial charge in [-0.05, 0) is 0 Å². The van der Waals surface area contributed by atoms with E-state index in [-0.39, 0.29) is 26.4 Å². The molecular formula is C16H20O8. The molecule has 24 heavy (non-hydrogen) atoms. The molecule has 0 radical (unpaired) electrons. The Kier molecular flexibility index (Phi) is 9.46. The van der Waals surface area contributed by atoms with Crippen molar-refractivity contribution < 1.29 is 38.1 Å². The number of ether oxygens (including phenoxy) is 4. The molecule has 0 amide bonds. The van der Waals surface area contributed by atoms with E-state index in [0.29, 0.717) is 0 Å². The van der Waals surface area contributed by atoms with E-state index in [0.717, 1.165) is 18.2 Å². The number of carbonyl (C=O) groups is 4. The van der Waals surface area contributed by atoms with Gasteiger partial charge in [-0.3, -0.25) is 4.79 Å². The Hall–Kier alpha value is -2.90. The van der Waals surface area contributed by atoms with Gasteiger partial charge in [0.15, 0.2) is 0 Å². The number of hydrogen-bond donors (Lipinski definition) is 0. The third kappa shape index (κ3) is 8.52. The first kappa shape index (κ1) is 21.1. The van der Waals surface area contributed by atoms with Crippen LogP contribution in [0.2, 0.25) is 0 Å². The van der Waals surface area contributed by atoms with Crippen molar-refractivity contribution in [3.63, 3.8) is 0 Å². The van der Waals surface area contributed by atoms with Gasteiger partial charge in [-0.15, -0.1) is 0 Å². The maximum atomic E-state index is 11.3. The Bertz CT molecular complexity index is 460. The van der Waals surface area contributed by atoms with Gasteiger partial charge in [0.2, 0.25) is 0 Å². The molecular weight excluding hydrogens is 320 g/mol. The minimum atomic E-state index is -1.29. The quantitative estimate of drug-likeness (QED) is 0.308. The molecule has 8 heteroatoms. The topological polar surface area (TPSA) is 105 Å². The molecule has 0 aromatic heterocycles. The molecule has 0 heterocycles. The van der Waals surface area contributed by atoms with Gasteiger partial charge in [0.1, 0.15) is 31.8 Å². The molecule has 0 N–H and O–H groups in total. The summed E-state index contributed by atoms with van der Waals surface area (Å²) in [6, 6.07) is 0. The fraction of sp³-hybridized carbons (Fsp3) is 0.375. The summed E-state index contributed by atoms with van der Waals surface area (Å²) in [5, 5.41) is 0. The van der Waals surface area contributed by atoms with Crippen LogP contribution in [0.15, 0.2) is 38.0 Å². The molecule has 0 rings (SSSR count). The summed E-state index contributed by atoms with van der Waals surface area (Å²) in [6.45, 7) is 9.57. The van der Waals surface area contributed by atoms with Gasteiger partial charge in [-0.1, -0.05) is 19.7 Å². The van der Waals surface area contributed by atoms with Gasteiger partial charge in [-0.2, -0.15) is 0 Å². The Labute approximate surface area is 139 Å². The fourth-order valence-corrected chi connectivity index (χ4v) is 1.35. The van der Waals surface area contributed by atoms with Crippen LogP contribution in [-0.4, -0.2) is 50.3 Å². The fourth-order valence-electron chi connectivity index (χ4n) is 1.35. The molecule has 0 atom stereocenters. The molecule has 0 spiro atoms. The van der Waals surface area contributed by atoms with Gasteiger partial charge in [0, 0.05) is 25.2 Å². The summed E-state index contributed by atoms with van der Waals surface area (Å²) < 4.78 is 19.7. The Balaban J connectivity index is 5.27. The lowest BCUT2D eigenvalue weighted by Crippen LogP contribution is -2.43. The zero-order chi connectivity index (χ0) is 18.6. The second-order valence-corrected chi connectivity index (χ2v) is 4.72. The number of esters is 4.